The minimum Gasteiger partial charge on any atom is -0.357 e. The van der Waals surface area contributed by atoms with Crippen molar-refractivity contribution in [3.63, 3.8) is 0 Å². The van der Waals surface area contributed by atoms with E-state index in [0.29, 0.717) is 0 Å². The predicted octanol–water partition coefficient (Wildman–Crippen LogP) is 3.06. The number of nitrogens with zero attached hydrogens (tertiary/aromatic N) is 5. The second kappa shape index (κ2) is 8.47. The van der Waals surface area contributed by atoms with Crippen LogP contribution in [0, 0.1) is 0 Å². The molecule has 0 amide bonds. The first-order valence-corrected chi connectivity index (χ1v) is 10.8. The monoisotopic (exact) mass is 442 g/mol. The van der Waals surface area contributed by atoms with Crippen molar-refractivity contribution in [3.8, 4) is 0 Å². The molecule has 148 valence electrons. The highest BCUT2D eigenvalue weighted by molar-refractivity contribution is 9.10. The summed E-state index contributed by atoms with van der Waals surface area (Å²) in [5.41, 5.74) is 1.61. The summed E-state index contributed by atoms with van der Waals surface area (Å²) in [6.07, 6.45) is 6.03. The number of benzene rings is 1. The lowest BCUT2D eigenvalue weighted by Crippen LogP contribution is -2.53. The lowest BCUT2D eigenvalue weighted by molar-refractivity contribution is 0.369. The van der Waals surface area contributed by atoms with Crippen LogP contribution >= 0.6 is 15.9 Å². The molecule has 1 aromatic heterocycles. The summed E-state index contributed by atoms with van der Waals surface area (Å²) in [7, 11) is 0. The molecular weight excluding hydrogens is 416 g/mol. The topological polar surface area (TPSA) is 56.7 Å². The molecule has 0 bridgehead atoms. The SMILES string of the molecule is CCNC(=NCC1(c2cccc(Br)c2)CC1)N1CCN(c2ncccn2)CC1. The van der Waals surface area contributed by atoms with Crippen LogP contribution in [0.2, 0.25) is 0 Å². The lowest BCUT2D eigenvalue weighted by Gasteiger charge is -2.36. The van der Waals surface area contributed by atoms with E-state index >= 15 is 0 Å². The summed E-state index contributed by atoms with van der Waals surface area (Å²) in [5.74, 6) is 1.84. The molecule has 0 unspecified atom stereocenters. The number of piperazine rings is 1. The summed E-state index contributed by atoms with van der Waals surface area (Å²) >= 11 is 3.60. The standard InChI is InChI=1S/C21H27BrN6/c1-2-23-19(26-16-21(7-8-21)17-5-3-6-18(22)15-17)27-11-13-28(14-12-27)20-24-9-4-10-25-20/h3-6,9-10,15H,2,7-8,11-14,16H2,1H3,(H,23,26). The Labute approximate surface area is 175 Å². The molecule has 1 aromatic carbocycles. The molecular formula is C21H27BrN6. The average Bonchev–Trinajstić information content (AvgIpc) is 3.53. The van der Waals surface area contributed by atoms with Crippen LogP contribution in [0.5, 0.6) is 0 Å². The Hall–Kier alpha value is -2.15. The van der Waals surface area contributed by atoms with E-state index < -0.39 is 0 Å². The van der Waals surface area contributed by atoms with Crippen molar-refractivity contribution in [1.82, 2.24) is 20.2 Å². The molecule has 2 fully saturated rings. The van der Waals surface area contributed by atoms with Crippen LogP contribution in [0.25, 0.3) is 0 Å². The molecule has 2 heterocycles. The zero-order valence-corrected chi connectivity index (χ0v) is 17.9. The Morgan fingerprint density at radius 1 is 1.14 bits per heavy atom. The zero-order chi connectivity index (χ0) is 19.4. The highest BCUT2D eigenvalue weighted by Gasteiger charge is 2.44. The Kier molecular flexibility index (Phi) is 5.80. The highest BCUT2D eigenvalue weighted by Crippen LogP contribution is 2.48. The molecule has 6 nitrogen and oxygen atoms in total. The van der Waals surface area contributed by atoms with Gasteiger partial charge in [-0.05, 0) is 43.5 Å². The van der Waals surface area contributed by atoms with E-state index in [9.17, 15) is 0 Å². The first-order chi connectivity index (χ1) is 13.7. The number of anilines is 1. The van der Waals surface area contributed by atoms with Gasteiger partial charge in [0.25, 0.3) is 0 Å². The Morgan fingerprint density at radius 3 is 2.54 bits per heavy atom. The average molecular weight is 443 g/mol. The van der Waals surface area contributed by atoms with E-state index in [0.717, 1.165) is 55.6 Å². The van der Waals surface area contributed by atoms with Gasteiger partial charge in [-0.1, -0.05) is 28.1 Å². The van der Waals surface area contributed by atoms with Crippen LogP contribution in [0.4, 0.5) is 5.95 Å². The van der Waals surface area contributed by atoms with Crippen molar-refractivity contribution in [2.75, 3.05) is 44.2 Å². The molecule has 0 spiro atoms. The number of halogens is 1. The first kappa shape index (κ1) is 19.2. The zero-order valence-electron chi connectivity index (χ0n) is 16.3. The van der Waals surface area contributed by atoms with E-state index in [1.807, 2.05) is 6.07 Å². The van der Waals surface area contributed by atoms with Gasteiger partial charge in [0.2, 0.25) is 5.95 Å². The van der Waals surface area contributed by atoms with Crippen molar-refractivity contribution in [3.05, 3.63) is 52.8 Å². The summed E-state index contributed by atoms with van der Waals surface area (Å²) in [6.45, 7) is 7.52. The maximum Gasteiger partial charge on any atom is 0.225 e. The fraction of sp³-hybridized carbons (Fsp3) is 0.476. The normalized spacial score (nSPS) is 18.9. The molecule has 4 rings (SSSR count). The highest BCUT2D eigenvalue weighted by atomic mass is 79.9. The van der Waals surface area contributed by atoms with Gasteiger partial charge in [-0.3, -0.25) is 4.99 Å². The molecule has 7 heteroatoms. The lowest BCUT2D eigenvalue weighted by atomic mass is 9.96. The second-order valence-corrected chi connectivity index (χ2v) is 8.40. The van der Waals surface area contributed by atoms with Gasteiger partial charge in [-0.15, -0.1) is 0 Å². The molecule has 2 aliphatic rings. The van der Waals surface area contributed by atoms with Gasteiger partial charge in [0.15, 0.2) is 5.96 Å². The fourth-order valence-electron chi connectivity index (χ4n) is 3.73. The van der Waals surface area contributed by atoms with Gasteiger partial charge in [-0.2, -0.15) is 0 Å². The third kappa shape index (κ3) is 4.29. The number of hydrogen-bond donors (Lipinski definition) is 1. The molecule has 28 heavy (non-hydrogen) atoms. The number of hydrogen-bond acceptors (Lipinski definition) is 4. The van der Waals surface area contributed by atoms with Gasteiger partial charge in [0, 0.05) is 55.0 Å². The van der Waals surface area contributed by atoms with Crippen molar-refractivity contribution < 1.29 is 0 Å². The van der Waals surface area contributed by atoms with Gasteiger partial charge >= 0.3 is 0 Å². The maximum absolute atomic E-state index is 5.04. The van der Waals surface area contributed by atoms with E-state index in [-0.39, 0.29) is 5.41 Å². The van der Waals surface area contributed by atoms with Gasteiger partial charge in [-0.25, -0.2) is 9.97 Å². The third-order valence-corrected chi connectivity index (χ3v) is 6.06. The van der Waals surface area contributed by atoms with E-state index in [1.165, 1.54) is 18.4 Å². The second-order valence-electron chi connectivity index (χ2n) is 7.48. The minimum atomic E-state index is 0.212. The van der Waals surface area contributed by atoms with Crippen molar-refractivity contribution >= 4 is 27.8 Å². The predicted molar refractivity (Wildman–Crippen MR) is 117 cm³/mol. The van der Waals surface area contributed by atoms with Crippen LogP contribution < -0.4 is 10.2 Å². The van der Waals surface area contributed by atoms with E-state index in [2.05, 4.69) is 72.2 Å². The largest absolute Gasteiger partial charge is 0.357 e. The van der Waals surface area contributed by atoms with Crippen LogP contribution in [0.1, 0.15) is 25.3 Å². The molecule has 0 atom stereocenters. The number of aliphatic imine (C=N–C) groups is 1. The van der Waals surface area contributed by atoms with E-state index in [1.54, 1.807) is 12.4 Å². The summed E-state index contributed by atoms with van der Waals surface area (Å²) < 4.78 is 1.14. The van der Waals surface area contributed by atoms with Gasteiger partial charge in [0.05, 0.1) is 6.54 Å². The molecule has 0 radical (unpaired) electrons. The Bertz CT molecular complexity index is 813. The molecule has 1 aliphatic heterocycles. The molecule has 1 aliphatic carbocycles. The third-order valence-electron chi connectivity index (χ3n) is 5.57. The van der Waals surface area contributed by atoms with Crippen LogP contribution in [0.3, 0.4) is 0 Å². The van der Waals surface area contributed by atoms with Crippen LogP contribution in [-0.2, 0) is 5.41 Å². The fourth-order valence-corrected chi connectivity index (χ4v) is 4.13. The number of nitrogens with one attached hydrogen (secondary N) is 1. The van der Waals surface area contributed by atoms with E-state index in [4.69, 9.17) is 4.99 Å². The van der Waals surface area contributed by atoms with Gasteiger partial charge < -0.3 is 15.1 Å². The molecule has 1 saturated heterocycles. The number of aromatic nitrogens is 2. The van der Waals surface area contributed by atoms with Crippen LogP contribution in [0.15, 0.2) is 52.2 Å². The van der Waals surface area contributed by atoms with Crippen molar-refractivity contribution in [1.29, 1.82) is 0 Å². The van der Waals surface area contributed by atoms with Crippen molar-refractivity contribution in [2.45, 2.75) is 25.2 Å². The number of rotatable bonds is 5. The van der Waals surface area contributed by atoms with Crippen LogP contribution in [-0.4, -0.2) is 60.1 Å². The molecule has 1 N–H and O–H groups in total. The molecule has 1 saturated carbocycles. The maximum atomic E-state index is 5.04. The quantitative estimate of drug-likeness (QED) is 0.569. The molecule has 2 aromatic rings. The smallest absolute Gasteiger partial charge is 0.225 e. The Balaban J connectivity index is 1.42. The summed E-state index contributed by atoms with van der Waals surface area (Å²) in [5, 5.41) is 3.49. The van der Waals surface area contributed by atoms with Crippen molar-refractivity contribution in [2.24, 2.45) is 4.99 Å². The minimum absolute atomic E-state index is 0.212. The summed E-state index contributed by atoms with van der Waals surface area (Å²) in [6, 6.07) is 10.5. The number of guanidine groups is 1. The first-order valence-electron chi connectivity index (χ1n) is 10.0. The summed E-state index contributed by atoms with van der Waals surface area (Å²) in [4.78, 5) is 18.4. The Morgan fingerprint density at radius 2 is 1.89 bits per heavy atom. The van der Waals surface area contributed by atoms with Gasteiger partial charge in [0.1, 0.15) is 0 Å².